The number of thiocarbonyl (C=S) groups is 1. The van der Waals surface area contributed by atoms with Gasteiger partial charge in [-0.1, -0.05) is 23.8 Å². The van der Waals surface area contributed by atoms with Crippen LogP contribution in [0.15, 0.2) is 48.5 Å². The third-order valence-corrected chi connectivity index (χ3v) is 3.43. The number of aryl methyl sites for hydroxylation is 1. The van der Waals surface area contributed by atoms with E-state index in [1.807, 2.05) is 68.4 Å². The van der Waals surface area contributed by atoms with E-state index in [1.54, 1.807) is 6.07 Å². The molecule has 6 heteroatoms. The van der Waals surface area contributed by atoms with Crippen LogP contribution in [-0.4, -0.2) is 25.1 Å². The zero-order chi connectivity index (χ0) is 16.8. The molecule has 2 rings (SSSR count). The summed E-state index contributed by atoms with van der Waals surface area (Å²) >= 11 is 5.16. The molecule has 2 aromatic carbocycles. The van der Waals surface area contributed by atoms with Crippen LogP contribution >= 0.6 is 12.2 Å². The average molecular weight is 328 g/mol. The van der Waals surface area contributed by atoms with E-state index >= 15 is 0 Å². The topological polar surface area (TPSA) is 56.4 Å². The van der Waals surface area contributed by atoms with E-state index in [0.29, 0.717) is 10.7 Å². The van der Waals surface area contributed by atoms with Crippen molar-refractivity contribution in [1.82, 2.24) is 10.9 Å². The zero-order valence-corrected chi connectivity index (χ0v) is 14.2. The Morgan fingerprint density at radius 1 is 1.04 bits per heavy atom. The number of rotatable bonds is 3. The summed E-state index contributed by atoms with van der Waals surface area (Å²) in [6, 6.07) is 15.2. The summed E-state index contributed by atoms with van der Waals surface area (Å²) in [5.74, 6) is -0.248. The lowest BCUT2D eigenvalue weighted by Crippen LogP contribution is -2.43. The molecule has 1 amide bonds. The molecule has 0 aliphatic rings. The Balaban J connectivity index is 1.89. The van der Waals surface area contributed by atoms with Gasteiger partial charge in [0.25, 0.3) is 5.91 Å². The highest BCUT2D eigenvalue weighted by Crippen LogP contribution is 2.13. The summed E-state index contributed by atoms with van der Waals surface area (Å²) in [7, 11) is 3.85. The first kappa shape index (κ1) is 16.8. The zero-order valence-electron chi connectivity index (χ0n) is 13.4. The van der Waals surface area contributed by atoms with Gasteiger partial charge in [-0.25, -0.2) is 0 Å². The lowest BCUT2D eigenvalue weighted by atomic mass is 10.2. The van der Waals surface area contributed by atoms with Gasteiger partial charge < -0.3 is 10.2 Å². The second-order valence-electron chi connectivity index (χ2n) is 5.34. The second-order valence-corrected chi connectivity index (χ2v) is 5.75. The van der Waals surface area contributed by atoms with Crippen LogP contribution in [0.25, 0.3) is 0 Å². The molecule has 3 N–H and O–H groups in total. The van der Waals surface area contributed by atoms with E-state index in [2.05, 4.69) is 16.2 Å². The molecular weight excluding hydrogens is 308 g/mol. The first-order chi connectivity index (χ1) is 11.0. The Morgan fingerprint density at radius 3 is 2.39 bits per heavy atom. The van der Waals surface area contributed by atoms with Crippen molar-refractivity contribution >= 4 is 34.6 Å². The number of hydrazine groups is 1. The van der Waals surface area contributed by atoms with Gasteiger partial charge in [0, 0.05) is 31.0 Å². The lowest BCUT2D eigenvalue weighted by Gasteiger charge is -2.14. The summed E-state index contributed by atoms with van der Waals surface area (Å²) in [6.07, 6.45) is 0. The van der Waals surface area contributed by atoms with Crippen molar-refractivity contribution in [3.63, 3.8) is 0 Å². The average Bonchev–Trinajstić information content (AvgIpc) is 2.55. The van der Waals surface area contributed by atoms with E-state index in [4.69, 9.17) is 12.2 Å². The maximum absolute atomic E-state index is 12.1. The molecule has 0 aliphatic heterocycles. The first-order valence-corrected chi connectivity index (χ1v) is 7.58. The Morgan fingerprint density at radius 2 is 1.74 bits per heavy atom. The first-order valence-electron chi connectivity index (χ1n) is 7.17. The maximum atomic E-state index is 12.1. The van der Waals surface area contributed by atoms with Crippen LogP contribution < -0.4 is 21.1 Å². The smallest absolute Gasteiger partial charge is 0.269 e. The summed E-state index contributed by atoms with van der Waals surface area (Å²) in [5, 5.41) is 3.33. The second kappa shape index (κ2) is 7.60. The van der Waals surface area contributed by atoms with Crippen LogP contribution in [0.4, 0.5) is 11.4 Å². The molecule has 0 fully saturated rings. The van der Waals surface area contributed by atoms with Crippen LogP contribution in [0.1, 0.15) is 15.9 Å². The van der Waals surface area contributed by atoms with Crippen molar-refractivity contribution in [3.8, 4) is 0 Å². The number of amides is 1. The fraction of sp³-hybridized carbons (Fsp3) is 0.176. The molecule has 0 bridgehead atoms. The van der Waals surface area contributed by atoms with Crippen LogP contribution in [-0.2, 0) is 0 Å². The van der Waals surface area contributed by atoms with Crippen LogP contribution in [0.2, 0.25) is 0 Å². The van der Waals surface area contributed by atoms with Gasteiger partial charge in [0.1, 0.15) is 0 Å². The highest BCUT2D eigenvalue weighted by Gasteiger charge is 2.07. The number of hydrogen-bond acceptors (Lipinski definition) is 3. The summed E-state index contributed by atoms with van der Waals surface area (Å²) in [5.41, 5.74) is 8.83. The molecule has 0 aromatic heterocycles. The largest absolute Gasteiger partial charge is 0.378 e. The summed E-state index contributed by atoms with van der Waals surface area (Å²) in [6.45, 7) is 2.02. The third kappa shape index (κ3) is 4.96. The van der Waals surface area contributed by atoms with Crippen LogP contribution in [0, 0.1) is 6.92 Å². The van der Waals surface area contributed by atoms with Crippen molar-refractivity contribution in [2.75, 3.05) is 24.3 Å². The fourth-order valence-electron chi connectivity index (χ4n) is 1.91. The number of hydrogen-bond donors (Lipinski definition) is 3. The molecular formula is C17H20N4OS. The Bertz CT molecular complexity index is 698. The van der Waals surface area contributed by atoms with Crippen LogP contribution in [0.3, 0.4) is 0 Å². The standard InChI is InChI=1S/C17H20N4OS/c1-12-7-9-14(10-8-12)18-17(23)20-19-16(22)13-5-4-6-15(11-13)21(2)3/h4-11H,1-3H3,(H,19,22)(H2,18,20,23). The van der Waals surface area contributed by atoms with E-state index in [-0.39, 0.29) is 5.91 Å². The predicted octanol–water partition coefficient (Wildman–Crippen LogP) is 2.69. The van der Waals surface area contributed by atoms with Gasteiger partial charge >= 0.3 is 0 Å². The number of benzene rings is 2. The molecule has 0 aliphatic carbocycles. The molecule has 0 atom stereocenters. The number of nitrogens with zero attached hydrogens (tertiary/aromatic N) is 1. The molecule has 0 spiro atoms. The van der Waals surface area contributed by atoms with E-state index in [9.17, 15) is 4.79 Å². The fourth-order valence-corrected chi connectivity index (χ4v) is 2.08. The van der Waals surface area contributed by atoms with Gasteiger partial charge in [0.2, 0.25) is 0 Å². The minimum absolute atomic E-state index is 0.248. The van der Waals surface area contributed by atoms with Crippen molar-refractivity contribution in [1.29, 1.82) is 0 Å². The SMILES string of the molecule is Cc1ccc(NC(=S)NNC(=O)c2cccc(N(C)C)c2)cc1. The molecule has 0 heterocycles. The van der Waals surface area contributed by atoms with Crippen molar-refractivity contribution in [3.05, 3.63) is 59.7 Å². The molecule has 5 nitrogen and oxygen atoms in total. The molecule has 23 heavy (non-hydrogen) atoms. The predicted molar refractivity (Wildman–Crippen MR) is 98.8 cm³/mol. The molecule has 0 radical (unpaired) electrons. The molecule has 0 saturated heterocycles. The Labute approximate surface area is 141 Å². The van der Waals surface area contributed by atoms with Crippen molar-refractivity contribution in [2.24, 2.45) is 0 Å². The van der Waals surface area contributed by atoms with E-state index in [0.717, 1.165) is 11.4 Å². The van der Waals surface area contributed by atoms with Gasteiger partial charge in [-0.3, -0.25) is 15.6 Å². The van der Waals surface area contributed by atoms with Crippen LogP contribution in [0.5, 0.6) is 0 Å². The monoisotopic (exact) mass is 328 g/mol. The summed E-state index contributed by atoms with van der Waals surface area (Å²) < 4.78 is 0. The minimum Gasteiger partial charge on any atom is -0.378 e. The van der Waals surface area contributed by atoms with Crippen molar-refractivity contribution in [2.45, 2.75) is 6.92 Å². The highest BCUT2D eigenvalue weighted by atomic mass is 32.1. The number of carbonyl (C=O) groups is 1. The Kier molecular flexibility index (Phi) is 5.54. The number of nitrogens with one attached hydrogen (secondary N) is 3. The third-order valence-electron chi connectivity index (χ3n) is 3.22. The van der Waals surface area contributed by atoms with Gasteiger partial charge in [0.05, 0.1) is 0 Å². The van der Waals surface area contributed by atoms with Gasteiger partial charge in [0.15, 0.2) is 5.11 Å². The molecule has 0 saturated carbocycles. The van der Waals surface area contributed by atoms with E-state index in [1.165, 1.54) is 5.56 Å². The number of carbonyl (C=O) groups excluding carboxylic acids is 1. The lowest BCUT2D eigenvalue weighted by molar-refractivity contribution is 0.0944. The van der Waals surface area contributed by atoms with Crippen molar-refractivity contribution < 1.29 is 4.79 Å². The quantitative estimate of drug-likeness (QED) is 0.597. The van der Waals surface area contributed by atoms with Gasteiger partial charge in [-0.2, -0.15) is 0 Å². The number of anilines is 2. The van der Waals surface area contributed by atoms with Gasteiger partial charge in [-0.15, -0.1) is 0 Å². The Hall–Kier alpha value is -2.60. The normalized spacial score (nSPS) is 9.87. The minimum atomic E-state index is -0.248. The molecule has 120 valence electrons. The van der Waals surface area contributed by atoms with E-state index < -0.39 is 0 Å². The summed E-state index contributed by atoms with van der Waals surface area (Å²) in [4.78, 5) is 14.1. The molecule has 2 aromatic rings. The molecule has 0 unspecified atom stereocenters. The van der Waals surface area contributed by atoms with Gasteiger partial charge in [-0.05, 0) is 49.5 Å². The highest BCUT2D eigenvalue weighted by molar-refractivity contribution is 7.80. The maximum Gasteiger partial charge on any atom is 0.269 e.